The van der Waals surface area contributed by atoms with Gasteiger partial charge in [0.05, 0.1) is 19.3 Å². The molecule has 6 nitrogen and oxygen atoms in total. The number of hydrogen-bond acceptors (Lipinski definition) is 6. The van der Waals surface area contributed by atoms with Crippen LogP contribution in [0.15, 0.2) is 78.4 Å². The summed E-state index contributed by atoms with van der Waals surface area (Å²) in [6.07, 6.45) is 3.47. The van der Waals surface area contributed by atoms with Crippen LogP contribution in [0.2, 0.25) is 0 Å². The van der Waals surface area contributed by atoms with Crippen molar-refractivity contribution in [1.82, 2.24) is 15.3 Å². The Morgan fingerprint density at radius 1 is 1.03 bits per heavy atom. The molecule has 0 fully saturated rings. The van der Waals surface area contributed by atoms with E-state index in [-0.39, 0.29) is 5.91 Å². The summed E-state index contributed by atoms with van der Waals surface area (Å²) in [6.45, 7) is 0.774. The number of hydrogen-bond donors (Lipinski definition) is 1. The van der Waals surface area contributed by atoms with Gasteiger partial charge in [-0.2, -0.15) is 0 Å². The molecule has 2 aromatic carbocycles. The van der Waals surface area contributed by atoms with Gasteiger partial charge in [0, 0.05) is 28.9 Å². The first-order valence-corrected chi connectivity index (χ1v) is 10.6. The molecule has 156 valence electrons. The number of pyridine rings is 1. The van der Waals surface area contributed by atoms with Crippen molar-refractivity contribution < 1.29 is 14.3 Å². The fourth-order valence-corrected chi connectivity index (χ4v) is 3.71. The van der Waals surface area contributed by atoms with Crippen molar-refractivity contribution in [3.8, 4) is 22.8 Å². The van der Waals surface area contributed by atoms with E-state index in [1.54, 1.807) is 37.7 Å². The minimum atomic E-state index is -0.200. The summed E-state index contributed by atoms with van der Waals surface area (Å²) < 4.78 is 11.3. The van der Waals surface area contributed by atoms with Gasteiger partial charge in [-0.05, 0) is 35.9 Å². The van der Waals surface area contributed by atoms with Gasteiger partial charge in [0.15, 0.2) is 11.5 Å². The molecule has 1 amide bonds. The highest BCUT2D eigenvalue weighted by Gasteiger charge is 2.12. The summed E-state index contributed by atoms with van der Waals surface area (Å²) in [5.74, 6) is 0.899. The lowest BCUT2D eigenvalue weighted by atomic mass is 10.2. The van der Waals surface area contributed by atoms with Crippen molar-refractivity contribution in [1.29, 1.82) is 0 Å². The van der Waals surface area contributed by atoms with Crippen LogP contribution in [0.1, 0.15) is 20.9 Å². The number of thiazole rings is 1. The Kier molecular flexibility index (Phi) is 6.54. The van der Waals surface area contributed by atoms with Crippen LogP contribution in [-0.4, -0.2) is 23.0 Å². The minimum absolute atomic E-state index is 0.200. The third kappa shape index (κ3) is 5.26. The average Bonchev–Trinajstić information content (AvgIpc) is 3.31. The normalized spacial score (nSPS) is 10.5. The smallest absolute Gasteiger partial charge is 0.251 e. The zero-order valence-electron chi connectivity index (χ0n) is 16.9. The van der Waals surface area contributed by atoms with Crippen LogP contribution in [0, 0.1) is 0 Å². The van der Waals surface area contributed by atoms with Gasteiger partial charge in [-0.15, -0.1) is 11.3 Å². The number of methoxy groups -OCH3 is 1. The second-order valence-electron chi connectivity index (χ2n) is 6.68. The third-order valence-electron chi connectivity index (χ3n) is 4.59. The summed E-state index contributed by atoms with van der Waals surface area (Å²) >= 11 is 1.51. The van der Waals surface area contributed by atoms with Crippen LogP contribution < -0.4 is 14.8 Å². The third-order valence-corrected chi connectivity index (χ3v) is 5.44. The lowest BCUT2D eigenvalue weighted by Gasteiger charge is -2.12. The number of rotatable bonds is 8. The predicted octanol–water partition coefficient (Wildman–Crippen LogP) is 4.72. The highest BCUT2D eigenvalue weighted by Crippen LogP contribution is 2.29. The van der Waals surface area contributed by atoms with E-state index in [1.807, 2.05) is 47.8 Å². The lowest BCUT2D eigenvalue weighted by Crippen LogP contribution is -2.22. The number of amides is 1. The summed E-state index contributed by atoms with van der Waals surface area (Å²) in [7, 11) is 1.56. The van der Waals surface area contributed by atoms with Crippen molar-refractivity contribution in [2.75, 3.05) is 7.11 Å². The Labute approximate surface area is 184 Å². The van der Waals surface area contributed by atoms with Crippen LogP contribution in [-0.2, 0) is 13.2 Å². The van der Waals surface area contributed by atoms with E-state index < -0.39 is 0 Å². The van der Waals surface area contributed by atoms with Crippen molar-refractivity contribution in [2.45, 2.75) is 13.2 Å². The molecule has 2 aromatic heterocycles. The molecule has 0 saturated heterocycles. The molecule has 0 aliphatic rings. The highest BCUT2D eigenvalue weighted by atomic mass is 32.1. The second-order valence-corrected chi connectivity index (χ2v) is 7.63. The number of aromatic nitrogens is 2. The van der Waals surface area contributed by atoms with E-state index in [4.69, 9.17) is 9.47 Å². The van der Waals surface area contributed by atoms with E-state index in [0.717, 1.165) is 21.8 Å². The van der Waals surface area contributed by atoms with E-state index in [0.29, 0.717) is 30.2 Å². The maximum absolute atomic E-state index is 12.6. The van der Waals surface area contributed by atoms with Crippen LogP contribution >= 0.6 is 11.3 Å². The van der Waals surface area contributed by atoms with Crippen molar-refractivity contribution in [3.05, 3.63) is 94.6 Å². The fraction of sp³-hybridized carbons (Fsp3) is 0.125. The number of carbonyl (C=O) groups is 1. The first-order valence-electron chi connectivity index (χ1n) is 9.70. The molecular formula is C24H21N3O3S. The molecular weight excluding hydrogens is 410 g/mol. The Bertz CT molecular complexity index is 1150. The number of benzene rings is 2. The second kappa shape index (κ2) is 9.86. The van der Waals surface area contributed by atoms with Crippen LogP contribution in [0.25, 0.3) is 11.3 Å². The summed E-state index contributed by atoms with van der Waals surface area (Å²) in [4.78, 5) is 21.2. The zero-order valence-corrected chi connectivity index (χ0v) is 17.8. The molecule has 1 N–H and O–H groups in total. The molecule has 0 spiro atoms. The molecule has 7 heteroatoms. The van der Waals surface area contributed by atoms with E-state index in [9.17, 15) is 4.79 Å². The molecule has 0 aliphatic heterocycles. The van der Waals surface area contributed by atoms with E-state index >= 15 is 0 Å². The fourth-order valence-electron chi connectivity index (χ4n) is 2.97. The number of ether oxygens (including phenoxy) is 2. The molecule has 31 heavy (non-hydrogen) atoms. The van der Waals surface area contributed by atoms with Crippen LogP contribution in [0.5, 0.6) is 11.5 Å². The van der Waals surface area contributed by atoms with Gasteiger partial charge in [-0.3, -0.25) is 9.78 Å². The van der Waals surface area contributed by atoms with Crippen molar-refractivity contribution in [3.63, 3.8) is 0 Å². The van der Waals surface area contributed by atoms with Gasteiger partial charge in [-0.1, -0.05) is 30.3 Å². The van der Waals surface area contributed by atoms with Crippen LogP contribution in [0.3, 0.4) is 0 Å². The van der Waals surface area contributed by atoms with E-state index in [1.165, 1.54) is 11.3 Å². The lowest BCUT2D eigenvalue weighted by molar-refractivity contribution is 0.0950. The Hall–Kier alpha value is -3.71. The first kappa shape index (κ1) is 20.6. The maximum atomic E-state index is 12.6. The van der Waals surface area contributed by atoms with Crippen LogP contribution in [0.4, 0.5) is 0 Å². The summed E-state index contributed by atoms with van der Waals surface area (Å²) in [5.41, 5.74) is 3.42. The maximum Gasteiger partial charge on any atom is 0.251 e. The molecule has 0 bridgehead atoms. The standard InChI is InChI=1S/C24H21N3O3S/c1-29-22-13-19(7-8-21(22)30-15-17-5-3-2-4-6-17)24(28)26-14-23-27-20(16-31-23)18-9-11-25-12-10-18/h2-13,16H,14-15H2,1H3,(H,26,28). The van der Waals surface area contributed by atoms with Gasteiger partial charge >= 0.3 is 0 Å². The monoisotopic (exact) mass is 431 g/mol. The number of nitrogens with one attached hydrogen (secondary N) is 1. The molecule has 2 heterocycles. The Morgan fingerprint density at radius 2 is 1.84 bits per heavy atom. The molecule has 0 saturated carbocycles. The van der Waals surface area contributed by atoms with Gasteiger partial charge in [0.25, 0.3) is 5.91 Å². The molecule has 0 aliphatic carbocycles. The Morgan fingerprint density at radius 3 is 2.61 bits per heavy atom. The van der Waals surface area contributed by atoms with Gasteiger partial charge in [-0.25, -0.2) is 4.98 Å². The molecule has 0 radical (unpaired) electrons. The highest BCUT2D eigenvalue weighted by molar-refractivity contribution is 7.09. The summed E-state index contributed by atoms with van der Waals surface area (Å²) in [5, 5.41) is 5.71. The predicted molar refractivity (Wildman–Crippen MR) is 120 cm³/mol. The number of nitrogens with zero attached hydrogens (tertiary/aromatic N) is 2. The van der Waals surface area contributed by atoms with Crippen molar-refractivity contribution in [2.24, 2.45) is 0 Å². The van der Waals surface area contributed by atoms with Crippen molar-refractivity contribution >= 4 is 17.2 Å². The molecule has 0 unspecified atom stereocenters. The van der Waals surface area contributed by atoms with Gasteiger partial charge < -0.3 is 14.8 Å². The summed E-state index contributed by atoms with van der Waals surface area (Å²) in [6, 6.07) is 18.8. The largest absolute Gasteiger partial charge is 0.493 e. The molecule has 4 rings (SSSR count). The van der Waals surface area contributed by atoms with Gasteiger partial charge in [0.1, 0.15) is 11.6 Å². The average molecular weight is 432 g/mol. The van der Waals surface area contributed by atoms with Gasteiger partial charge in [0.2, 0.25) is 0 Å². The number of carbonyl (C=O) groups excluding carboxylic acids is 1. The quantitative estimate of drug-likeness (QED) is 0.437. The zero-order chi connectivity index (χ0) is 21.5. The van der Waals surface area contributed by atoms with E-state index in [2.05, 4.69) is 15.3 Å². The SMILES string of the molecule is COc1cc(C(=O)NCc2nc(-c3ccncc3)cs2)ccc1OCc1ccccc1. The topological polar surface area (TPSA) is 73.3 Å². The first-order chi connectivity index (χ1) is 15.2. The Balaban J connectivity index is 1.38. The minimum Gasteiger partial charge on any atom is -0.493 e. The molecule has 4 aromatic rings. The molecule has 0 atom stereocenters.